The van der Waals surface area contributed by atoms with Gasteiger partial charge in [-0.15, -0.1) is 11.3 Å². The van der Waals surface area contributed by atoms with Crippen LogP contribution in [0, 0.1) is 5.82 Å². The molecule has 1 aliphatic carbocycles. The Hall–Kier alpha value is -3.50. The van der Waals surface area contributed by atoms with Crippen LogP contribution in [0.15, 0.2) is 63.6 Å². The van der Waals surface area contributed by atoms with Crippen molar-refractivity contribution in [3.63, 3.8) is 0 Å². The van der Waals surface area contributed by atoms with Gasteiger partial charge in [-0.1, -0.05) is 23.9 Å². The van der Waals surface area contributed by atoms with Crippen LogP contribution in [0.5, 0.6) is 5.75 Å². The molecule has 5 rings (SSSR count). The molecule has 0 spiro atoms. The van der Waals surface area contributed by atoms with Crippen LogP contribution in [0.3, 0.4) is 0 Å². The van der Waals surface area contributed by atoms with Gasteiger partial charge >= 0.3 is 0 Å². The molecule has 2 aromatic carbocycles. The zero-order chi connectivity index (χ0) is 25.1. The van der Waals surface area contributed by atoms with Gasteiger partial charge in [0, 0.05) is 4.88 Å². The summed E-state index contributed by atoms with van der Waals surface area (Å²) in [6, 6.07) is 13.1. The largest absolute Gasteiger partial charge is 0.497 e. The number of hydrogen-bond donors (Lipinski definition) is 1. The highest BCUT2D eigenvalue weighted by molar-refractivity contribution is 7.99. The number of nitrogens with zero attached hydrogens (tertiary/aromatic N) is 3. The molecule has 36 heavy (non-hydrogen) atoms. The Morgan fingerprint density at radius 2 is 2.06 bits per heavy atom. The third kappa shape index (κ3) is 5.05. The average molecular weight is 523 g/mol. The number of carbonyl (C=O) groups excluding carboxylic acids is 1. The number of hydrazone groups is 1. The summed E-state index contributed by atoms with van der Waals surface area (Å²) in [4.78, 5) is 33.0. The van der Waals surface area contributed by atoms with E-state index in [-0.39, 0.29) is 23.0 Å². The summed E-state index contributed by atoms with van der Waals surface area (Å²) in [6.07, 6.45) is 5.40. The Kier molecular flexibility index (Phi) is 7.15. The second kappa shape index (κ2) is 10.6. The number of ether oxygens (including phenoxy) is 1. The van der Waals surface area contributed by atoms with Crippen LogP contribution >= 0.6 is 23.1 Å². The number of thiophene rings is 1. The summed E-state index contributed by atoms with van der Waals surface area (Å²) < 4.78 is 20.1. The smallest absolute Gasteiger partial charge is 0.267 e. The molecule has 2 aromatic heterocycles. The fourth-order valence-corrected chi connectivity index (χ4v) is 6.28. The number of rotatable bonds is 7. The van der Waals surface area contributed by atoms with E-state index in [1.54, 1.807) is 59.4 Å². The van der Waals surface area contributed by atoms with Crippen molar-refractivity contribution >= 4 is 45.4 Å². The first kappa shape index (κ1) is 24.2. The molecule has 0 unspecified atom stereocenters. The standard InChI is InChI=1S/C26H23FN4O3S2/c1-34-19-11-9-18(10-12-19)31-25(33)23-20-7-2-3-8-21(20)36-24(23)29-26(31)35-15-22(32)30-28-14-16-5-4-6-17(27)13-16/h4-6,9-14H,2-3,7-8,15H2,1H3,(H,30,32). The predicted octanol–water partition coefficient (Wildman–Crippen LogP) is 4.72. The third-order valence-corrected chi connectivity index (χ3v) is 8.00. The van der Waals surface area contributed by atoms with Gasteiger partial charge in [-0.2, -0.15) is 5.10 Å². The van der Waals surface area contributed by atoms with Crippen LogP contribution in [0.4, 0.5) is 4.39 Å². The molecule has 0 saturated heterocycles. The molecule has 184 valence electrons. The van der Waals surface area contributed by atoms with Gasteiger partial charge < -0.3 is 4.74 Å². The van der Waals surface area contributed by atoms with Crippen molar-refractivity contribution in [1.82, 2.24) is 15.0 Å². The Labute approximate surface area is 215 Å². The highest BCUT2D eigenvalue weighted by Gasteiger charge is 2.23. The summed E-state index contributed by atoms with van der Waals surface area (Å²) >= 11 is 2.74. The van der Waals surface area contributed by atoms with Crippen molar-refractivity contribution < 1.29 is 13.9 Å². The molecule has 0 radical (unpaired) electrons. The highest BCUT2D eigenvalue weighted by Crippen LogP contribution is 2.35. The first-order chi connectivity index (χ1) is 17.5. The first-order valence-electron chi connectivity index (χ1n) is 11.5. The molecular weight excluding hydrogens is 499 g/mol. The molecule has 2 heterocycles. The van der Waals surface area contributed by atoms with Crippen molar-refractivity contribution in [2.75, 3.05) is 12.9 Å². The van der Waals surface area contributed by atoms with E-state index in [9.17, 15) is 14.0 Å². The highest BCUT2D eigenvalue weighted by atomic mass is 32.2. The predicted molar refractivity (Wildman–Crippen MR) is 141 cm³/mol. The van der Waals surface area contributed by atoms with Crippen molar-refractivity contribution in [1.29, 1.82) is 0 Å². The van der Waals surface area contributed by atoms with E-state index in [2.05, 4.69) is 10.5 Å². The number of aryl methyl sites for hydroxylation is 2. The summed E-state index contributed by atoms with van der Waals surface area (Å²) in [5.41, 5.74) is 4.61. The normalized spacial score (nSPS) is 13.2. The van der Waals surface area contributed by atoms with Gasteiger partial charge in [0.05, 0.1) is 30.2 Å². The summed E-state index contributed by atoms with van der Waals surface area (Å²) in [5.74, 6) is -0.0686. The molecule has 0 saturated carbocycles. The maximum Gasteiger partial charge on any atom is 0.267 e. The Morgan fingerprint density at radius 3 is 2.83 bits per heavy atom. The molecule has 0 aliphatic heterocycles. The van der Waals surface area contributed by atoms with Crippen LogP contribution in [-0.2, 0) is 17.6 Å². The first-order valence-corrected chi connectivity index (χ1v) is 13.3. The van der Waals surface area contributed by atoms with Gasteiger partial charge in [0.25, 0.3) is 11.5 Å². The molecular formula is C26H23FN4O3S2. The van der Waals surface area contributed by atoms with E-state index < -0.39 is 0 Å². The molecule has 10 heteroatoms. The van der Waals surface area contributed by atoms with Gasteiger partial charge in [-0.25, -0.2) is 14.8 Å². The lowest BCUT2D eigenvalue weighted by Crippen LogP contribution is -2.24. The summed E-state index contributed by atoms with van der Waals surface area (Å²) in [6.45, 7) is 0. The lowest BCUT2D eigenvalue weighted by Gasteiger charge is -2.14. The maximum atomic E-state index is 13.8. The average Bonchev–Trinajstić information content (AvgIpc) is 3.26. The molecule has 1 amide bonds. The topological polar surface area (TPSA) is 85.6 Å². The number of thioether (sulfide) groups is 1. The Morgan fingerprint density at radius 1 is 1.25 bits per heavy atom. The lowest BCUT2D eigenvalue weighted by molar-refractivity contribution is -0.118. The number of halogens is 1. The third-order valence-electron chi connectivity index (χ3n) is 5.87. The molecule has 4 aromatic rings. The summed E-state index contributed by atoms with van der Waals surface area (Å²) in [7, 11) is 1.59. The molecule has 7 nitrogen and oxygen atoms in total. The van der Waals surface area contributed by atoms with E-state index in [1.807, 2.05) is 0 Å². The zero-order valence-electron chi connectivity index (χ0n) is 19.5. The number of carbonyl (C=O) groups is 1. The minimum absolute atomic E-state index is 0.000316. The van der Waals surface area contributed by atoms with Crippen molar-refractivity contribution in [2.45, 2.75) is 30.8 Å². The molecule has 1 aliphatic rings. The van der Waals surface area contributed by atoms with E-state index in [1.165, 1.54) is 23.2 Å². The molecule has 0 fully saturated rings. The number of nitrogens with one attached hydrogen (secondary N) is 1. The maximum absolute atomic E-state index is 13.8. The fourth-order valence-electron chi connectivity index (χ4n) is 4.17. The number of fused-ring (bicyclic) bond motifs is 3. The number of methoxy groups -OCH3 is 1. The molecule has 0 bridgehead atoms. The van der Waals surface area contributed by atoms with E-state index in [4.69, 9.17) is 9.72 Å². The number of benzene rings is 2. The van der Waals surface area contributed by atoms with Gasteiger partial charge in [0.2, 0.25) is 0 Å². The quantitative estimate of drug-likeness (QED) is 0.164. The van der Waals surface area contributed by atoms with Crippen LogP contribution in [0.1, 0.15) is 28.8 Å². The van der Waals surface area contributed by atoms with Gasteiger partial charge in [0.1, 0.15) is 16.4 Å². The van der Waals surface area contributed by atoms with Crippen LogP contribution in [-0.4, -0.2) is 34.5 Å². The van der Waals surface area contributed by atoms with Crippen LogP contribution < -0.4 is 15.7 Å². The van der Waals surface area contributed by atoms with Gasteiger partial charge in [-0.3, -0.25) is 14.2 Å². The van der Waals surface area contributed by atoms with Crippen LogP contribution in [0.25, 0.3) is 15.9 Å². The van der Waals surface area contributed by atoms with E-state index in [0.29, 0.717) is 32.4 Å². The number of hydrogen-bond acceptors (Lipinski definition) is 7. The summed E-state index contributed by atoms with van der Waals surface area (Å²) in [5, 5.41) is 5.01. The zero-order valence-corrected chi connectivity index (χ0v) is 21.1. The minimum atomic E-state index is -0.381. The molecule has 0 atom stereocenters. The van der Waals surface area contributed by atoms with E-state index >= 15 is 0 Å². The van der Waals surface area contributed by atoms with Crippen molar-refractivity contribution in [3.8, 4) is 11.4 Å². The second-order valence-electron chi connectivity index (χ2n) is 8.26. The Bertz CT molecular complexity index is 1510. The molecule has 1 N–H and O–H groups in total. The van der Waals surface area contributed by atoms with Crippen molar-refractivity contribution in [2.24, 2.45) is 5.10 Å². The second-order valence-corrected chi connectivity index (χ2v) is 10.3. The van der Waals surface area contributed by atoms with Crippen molar-refractivity contribution in [3.05, 3.63) is 80.7 Å². The van der Waals surface area contributed by atoms with E-state index in [0.717, 1.165) is 43.0 Å². The van der Waals surface area contributed by atoms with Gasteiger partial charge in [0.15, 0.2) is 5.16 Å². The van der Waals surface area contributed by atoms with Gasteiger partial charge in [-0.05, 0) is 73.2 Å². The minimum Gasteiger partial charge on any atom is -0.497 e. The number of amides is 1. The number of aromatic nitrogens is 2. The fraction of sp³-hybridized carbons (Fsp3) is 0.231. The SMILES string of the molecule is COc1ccc(-n2c(SCC(=O)NN=Cc3cccc(F)c3)nc3sc4c(c3c2=O)CCCC4)cc1. The van der Waals surface area contributed by atoms with Crippen LogP contribution in [0.2, 0.25) is 0 Å². The lowest BCUT2D eigenvalue weighted by atomic mass is 9.97. The monoisotopic (exact) mass is 522 g/mol. The Balaban J connectivity index is 1.44.